The van der Waals surface area contributed by atoms with E-state index in [0.29, 0.717) is 52.9 Å². The van der Waals surface area contributed by atoms with Gasteiger partial charge < -0.3 is 35.7 Å². The van der Waals surface area contributed by atoms with Crippen LogP contribution in [0.4, 0.5) is 0 Å². The zero-order valence-electron chi connectivity index (χ0n) is 20.5. The molecule has 8 nitrogen and oxygen atoms in total. The Kier molecular flexibility index (Phi) is 23.3. The van der Waals surface area contributed by atoms with Crippen LogP contribution in [-0.4, -0.2) is 70.7 Å². The van der Waals surface area contributed by atoms with Gasteiger partial charge in [0.1, 0.15) is 0 Å². The van der Waals surface area contributed by atoms with Gasteiger partial charge in [-0.1, -0.05) is 6.08 Å². The minimum atomic E-state index is -2.80. The molecular formula is C20H46O8Si2. The van der Waals surface area contributed by atoms with Crippen molar-refractivity contribution in [1.82, 2.24) is 0 Å². The van der Waals surface area contributed by atoms with Gasteiger partial charge in [-0.25, -0.2) is 0 Å². The predicted octanol–water partition coefficient (Wildman–Crippen LogP) is 4.54. The average molecular weight is 471 g/mol. The van der Waals surface area contributed by atoms with Gasteiger partial charge in [-0.2, -0.15) is 0 Å². The number of ether oxygens (including phenoxy) is 1. The molecule has 0 atom stereocenters. The van der Waals surface area contributed by atoms with Gasteiger partial charge in [-0.3, -0.25) is 0 Å². The normalized spacial score (nSPS) is 12.1. The van der Waals surface area contributed by atoms with Crippen molar-refractivity contribution in [2.45, 2.75) is 67.9 Å². The van der Waals surface area contributed by atoms with Crippen molar-refractivity contribution in [2.75, 3.05) is 52.9 Å². The summed E-state index contributed by atoms with van der Waals surface area (Å²) in [6, 6.07) is 0.806. The maximum Gasteiger partial charge on any atom is 0.679 e. The SMILES string of the molecule is CC=COCCC[Si](OCC)(OCC)OCC.CCO[Si](OCC)(OCC)OCC. The first-order valence-corrected chi connectivity index (χ1v) is 14.8. The lowest BCUT2D eigenvalue weighted by atomic mass is 10.5. The van der Waals surface area contributed by atoms with E-state index in [9.17, 15) is 0 Å². The molecule has 0 aliphatic carbocycles. The summed E-state index contributed by atoms with van der Waals surface area (Å²) in [6.07, 6.45) is 4.46. The Hall–Kier alpha value is -0.306. The van der Waals surface area contributed by atoms with E-state index in [0.717, 1.165) is 12.5 Å². The van der Waals surface area contributed by atoms with Gasteiger partial charge in [0, 0.05) is 52.3 Å². The highest BCUT2D eigenvalue weighted by atomic mass is 28.4. The predicted molar refractivity (Wildman–Crippen MR) is 123 cm³/mol. The van der Waals surface area contributed by atoms with E-state index in [1.165, 1.54) is 0 Å². The summed E-state index contributed by atoms with van der Waals surface area (Å²) in [7, 11) is -5.26. The maximum absolute atomic E-state index is 5.74. The summed E-state index contributed by atoms with van der Waals surface area (Å²) in [5.74, 6) is 0. The highest BCUT2D eigenvalue weighted by Gasteiger charge is 2.44. The van der Waals surface area contributed by atoms with Crippen molar-refractivity contribution in [1.29, 1.82) is 0 Å². The largest absolute Gasteiger partial charge is 0.679 e. The molecule has 0 unspecified atom stereocenters. The molecule has 0 radical (unpaired) electrons. The molecule has 0 saturated carbocycles. The summed E-state index contributed by atoms with van der Waals surface area (Å²) < 4.78 is 44.2. The van der Waals surface area contributed by atoms with E-state index in [2.05, 4.69) is 0 Å². The van der Waals surface area contributed by atoms with E-state index in [-0.39, 0.29) is 0 Å². The van der Waals surface area contributed by atoms with E-state index >= 15 is 0 Å². The van der Waals surface area contributed by atoms with Gasteiger partial charge in [0.25, 0.3) is 0 Å². The van der Waals surface area contributed by atoms with E-state index in [1.54, 1.807) is 6.26 Å². The summed E-state index contributed by atoms with van der Waals surface area (Å²) >= 11 is 0. The molecule has 0 amide bonds. The van der Waals surface area contributed by atoms with Crippen molar-refractivity contribution >= 4 is 17.9 Å². The standard InChI is InChI=1S/C12H26O4Si.C8H20O4Si/c1-5-10-13-11-9-12-17(14-6-2,15-7-3)16-8-4;1-5-9-13(10-6-2,11-7-3)12-8-4/h5,10H,6-9,11-12H2,1-4H3;5-8H2,1-4H3. The lowest BCUT2D eigenvalue weighted by Crippen LogP contribution is -2.49. The first kappa shape index (κ1) is 31.9. The monoisotopic (exact) mass is 470 g/mol. The molecule has 0 N–H and O–H groups in total. The smallest absolute Gasteiger partial charge is 0.502 e. The van der Waals surface area contributed by atoms with Crippen LogP contribution in [0.3, 0.4) is 0 Å². The molecule has 0 aliphatic rings. The first-order valence-electron chi connectivity index (χ1n) is 11.2. The molecule has 10 heteroatoms. The van der Waals surface area contributed by atoms with E-state index < -0.39 is 17.9 Å². The van der Waals surface area contributed by atoms with Gasteiger partial charge in [-0.05, 0) is 61.8 Å². The van der Waals surface area contributed by atoms with Crippen molar-refractivity contribution in [3.05, 3.63) is 12.3 Å². The molecule has 0 spiro atoms. The molecule has 0 aromatic heterocycles. The number of hydrogen-bond acceptors (Lipinski definition) is 8. The fourth-order valence-electron chi connectivity index (χ4n) is 2.49. The highest BCUT2D eigenvalue weighted by molar-refractivity contribution is 6.60. The van der Waals surface area contributed by atoms with Crippen molar-refractivity contribution in [3.8, 4) is 0 Å². The molecule has 0 heterocycles. The second kappa shape index (κ2) is 21.9. The molecule has 0 saturated heterocycles. The third kappa shape index (κ3) is 15.5. The number of hydrogen-bond donors (Lipinski definition) is 0. The molecule has 0 aromatic carbocycles. The third-order valence-electron chi connectivity index (χ3n) is 3.35. The second-order valence-corrected chi connectivity index (χ2v) is 10.5. The summed E-state index contributed by atoms with van der Waals surface area (Å²) in [5.41, 5.74) is 0. The molecule has 30 heavy (non-hydrogen) atoms. The van der Waals surface area contributed by atoms with Crippen LogP contribution in [0, 0.1) is 0 Å². The zero-order valence-corrected chi connectivity index (χ0v) is 22.5. The van der Waals surface area contributed by atoms with Crippen LogP contribution in [0.25, 0.3) is 0 Å². The second-order valence-electron chi connectivity index (χ2n) is 5.66. The van der Waals surface area contributed by atoms with Crippen LogP contribution >= 0.6 is 0 Å². The molecule has 0 rings (SSSR count). The lowest BCUT2D eigenvalue weighted by molar-refractivity contribution is -0.0247. The maximum atomic E-state index is 5.74. The summed E-state index contributed by atoms with van der Waals surface area (Å²) in [5, 5.41) is 0. The van der Waals surface area contributed by atoms with Crippen LogP contribution in [0.1, 0.15) is 61.8 Å². The van der Waals surface area contributed by atoms with Gasteiger partial charge in [0.05, 0.1) is 12.9 Å². The summed E-state index contributed by atoms with van der Waals surface area (Å²) in [4.78, 5) is 0. The minimum absolute atomic E-state index is 0.548. The summed E-state index contributed by atoms with van der Waals surface area (Å²) in [6.45, 7) is 20.2. The highest BCUT2D eigenvalue weighted by Crippen LogP contribution is 2.18. The fourth-order valence-corrected chi connectivity index (χ4v) is 6.99. The van der Waals surface area contributed by atoms with Crippen molar-refractivity contribution < 1.29 is 35.7 Å². The molecular weight excluding hydrogens is 424 g/mol. The minimum Gasteiger partial charge on any atom is -0.502 e. The first-order chi connectivity index (χ1) is 14.5. The Balaban J connectivity index is 0. The fraction of sp³-hybridized carbons (Fsp3) is 0.900. The van der Waals surface area contributed by atoms with Crippen molar-refractivity contribution in [3.63, 3.8) is 0 Å². The topological polar surface area (TPSA) is 73.8 Å². The average Bonchev–Trinajstić information content (AvgIpc) is 2.70. The molecule has 0 bridgehead atoms. The Morgan fingerprint density at radius 1 is 0.567 bits per heavy atom. The molecule has 182 valence electrons. The zero-order chi connectivity index (χ0) is 23.1. The van der Waals surface area contributed by atoms with Gasteiger partial charge in [0.15, 0.2) is 0 Å². The van der Waals surface area contributed by atoms with Crippen LogP contribution < -0.4 is 0 Å². The lowest BCUT2D eigenvalue weighted by Gasteiger charge is -2.28. The van der Waals surface area contributed by atoms with Gasteiger partial charge >= 0.3 is 17.9 Å². The Bertz CT molecular complexity index is 339. The van der Waals surface area contributed by atoms with E-state index in [4.69, 9.17) is 35.7 Å². The Morgan fingerprint density at radius 2 is 0.933 bits per heavy atom. The van der Waals surface area contributed by atoms with Crippen LogP contribution in [-0.2, 0) is 35.7 Å². The van der Waals surface area contributed by atoms with Crippen LogP contribution in [0.5, 0.6) is 0 Å². The Labute approximate surface area is 187 Å². The van der Waals surface area contributed by atoms with Crippen molar-refractivity contribution in [2.24, 2.45) is 0 Å². The number of rotatable bonds is 19. The number of allylic oxidation sites excluding steroid dienone is 1. The quantitative estimate of drug-likeness (QED) is 0.155. The van der Waals surface area contributed by atoms with Gasteiger partial charge in [-0.15, -0.1) is 0 Å². The molecule has 0 fully saturated rings. The molecule has 0 aromatic rings. The van der Waals surface area contributed by atoms with E-state index in [1.807, 2.05) is 61.5 Å². The van der Waals surface area contributed by atoms with Gasteiger partial charge in [0.2, 0.25) is 0 Å². The van der Waals surface area contributed by atoms with Crippen LogP contribution in [0.2, 0.25) is 6.04 Å². The van der Waals surface area contributed by atoms with Crippen LogP contribution in [0.15, 0.2) is 12.3 Å². The third-order valence-corrected chi connectivity index (χ3v) is 9.08. The molecule has 0 aliphatic heterocycles. The Morgan fingerprint density at radius 3 is 1.23 bits per heavy atom.